The van der Waals surface area contributed by atoms with Crippen LogP contribution >= 0.6 is 0 Å². The SMILES string of the molecule is O=S1(=O)C(c2ccccc2)=C[C@]12[C@@H](c1ccccc1)[C@@]1(c3ccccc3)O[C@@]2(c2ccccc2)c2ccccc21. The van der Waals surface area contributed by atoms with Gasteiger partial charge in [0.25, 0.3) is 0 Å². The average molecular weight is 539 g/mol. The Morgan fingerprint density at radius 1 is 0.550 bits per heavy atom. The summed E-state index contributed by atoms with van der Waals surface area (Å²) in [5.74, 6) is -0.531. The normalized spacial score (nSPS) is 29.0. The summed E-state index contributed by atoms with van der Waals surface area (Å²) in [6.07, 6.45) is 2.00. The molecule has 0 aliphatic carbocycles. The van der Waals surface area contributed by atoms with E-state index in [0.29, 0.717) is 10.5 Å². The third-order valence-electron chi connectivity index (χ3n) is 9.06. The summed E-state index contributed by atoms with van der Waals surface area (Å²) in [5, 5.41) is 0. The first kappa shape index (κ1) is 23.6. The Bertz CT molecular complexity index is 1890. The molecule has 1 fully saturated rings. The lowest BCUT2D eigenvalue weighted by molar-refractivity contribution is -0.0478. The Morgan fingerprint density at radius 3 is 1.65 bits per heavy atom. The number of fused-ring (bicyclic) bond motifs is 6. The highest BCUT2D eigenvalue weighted by Crippen LogP contribution is 2.78. The number of ether oxygens (including phenoxy) is 1. The van der Waals surface area contributed by atoms with Crippen LogP contribution in [0.4, 0.5) is 0 Å². The molecule has 5 aromatic carbocycles. The van der Waals surface area contributed by atoms with Crippen molar-refractivity contribution in [2.24, 2.45) is 0 Å². The highest BCUT2D eigenvalue weighted by Gasteiger charge is 2.84. The minimum atomic E-state index is -3.90. The lowest BCUT2D eigenvalue weighted by Crippen LogP contribution is -2.62. The van der Waals surface area contributed by atoms with Crippen molar-refractivity contribution in [3.8, 4) is 0 Å². The fourth-order valence-corrected chi connectivity index (χ4v) is 10.1. The van der Waals surface area contributed by atoms with Gasteiger partial charge >= 0.3 is 0 Å². The Hall–Kier alpha value is -4.25. The molecule has 0 amide bonds. The largest absolute Gasteiger partial charge is 0.347 e. The zero-order chi connectivity index (χ0) is 27.0. The number of sulfone groups is 1. The molecule has 5 aromatic rings. The molecule has 3 heterocycles. The summed E-state index contributed by atoms with van der Waals surface area (Å²) >= 11 is 0. The van der Waals surface area contributed by atoms with Crippen molar-refractivity contribution < 1.29 is 13.2 Å². The van der Waals surface area contributed by atoms with Gasteiger partial charge in [-0.3, -0.25) is 0 Å². The Balaban J connectivity index is 1.57. The molecule has 2 bridgehead atoms. The van der Waals surface area contributed by atoms with Crippen LogP contribution in [0.5, 0.6) is 0 Å². The zero-order valence-electron chi connectivity index (χ0n) is 21.6. The van der Waals surface area contributed by atoms with E-state index in [1.165, 1.54) is 0 Å². The fraction of sp³-hybridized carbons (Fsp3) is 0.111. The molecule has 3 aliphatic heterocycles. The summed E-state index contributed by atoms with van der Waals surface area (Å²) in [5.41, 5.74) is 3.07. The molecule has 0 unspecified atom stereocenters. The van der Waals surface area contributed by atoms with Crippen molar-refractivity contribution >= 4 is 14.7 Å². The van der Waals surface area contributed by atoms with Crippen LogP contribution in [0.1, 0.15) is 39.3 Å². The van der Waals surface area contributed by atoms with Crippen molar-refractivity contribution in [3.05, 3.63) is 185 Å². The maximum atomic E-state index is 15.2. The number of hydrogen-bond donors (Lipinski definition) is 0. The van der Waals surface area contributed by atoms with Crippen LogP contribution in [-0.2, 0) is 25.8 Å². The quantitative estimate of drug-likeness (QED) is 0.243. The van der Waals surface area contributed by atoms with Crippen molar-refractivity contribution in [3.63, 3.8) is 0 Å². The molecule has 0 N–H and O–H groups in total. The predicted molar refractivity (Wildman–Crippen MR) is 157 cm³/mol. The van der Waals surface area contributed by atoms with E-state index in [-0.39, 0.29) is 0 Å². The number of benzene rings is 5. The van der Waals surface area contributed by atoms with Gasteiger partial charge in [0, 0.05) is 5.92 Å². The second-order valence-corrected chi connectivity index (χ2v) is 12.9. The third-order valence-corrected chi connectivity index (χ3v) is 11.5. The lowest BCUT2D eigenvalue weighted by Gasteiger charge is -2.53. The van der Waals surface area contributed by atoms with E-state index in [1.807, 2.05) is 127 Å². The summed E-state index contributed by atoms with van der Waals surface area (Å²) in [7, 11) is -3.90. The second kappa shape index (κ2) is 8.14. The molecular weight excluding hydrogens is 512 g/mol. The summed E-state index contributed by atoms with van der Waals surface area (Å²) in [6, 6.07) is 47.7. The average Bonchev–Trinajstić information content (AvgIpc) is 3.50. The Kier molecular flexibility index (Phi) is 4.80. The van der Waals surface area contributed by atoms with E-state index >= 15 is 8.42 Å². The molecule has 8 rings (SSSR count). The summed E-state index contributed by atoms with van der Waals surface area (Å²) < 4.78 is 36.5. The second-order valence-electron chi connectivity index (χ2n) is 10.8. The van der Waals surface area contributed by atoms with Crippen LogP contribution in [-0.4, -0.2) is 13.2 Å². The van der Waals surface area contributed by atoms with Crippen molar-refractivity contribution in [1.82, 2.24) is 0 Å². The van der Waals surface area contributed by atoms with Crippen LogP contribution in [0.15, 0.2) is 152 Å². The predicted octanol–water partition coefficient (Wildman–Crippen LogP) is 7.21. The van der Waals surface area contributed by atoms with Crippen molar-refractivity contribution in [2.75, 3.05) is 0 Å². The highest BCUT2D eigenvalue weighted by molar-refractivity contribution is 8.03. The van der Waals surface area contributed by atoms with E-state index in [9.17, 15) is 0 Å². The number of rotatable bonds is 4. The molecule has 4 atom stereocenters. The van der Waals surface area contributed by atoms with Gasteiger partial charge in [0.2, 0.25) is 0 Å². The minimum absolute atomic E-state index is 0.362. The topological polar surface area (TPSA) is 43.4 Å². The molecule has 3 aliphatic rings. The first-order valence-electron chi connectivity index (χ1n) is 13.6. The fourth-order valence-electron chi connectivity index (χ4n) is 7.63. The molecule has 4 heteroatoms. The van der Waals surface area contributed by atoms with Gasteiger partial charge in [0.15, 0.2) is 9.84 Å². The maximum Gasteiger partial charge on any atom is 0.192 e. The van der Waals surface area contributed by atoms with Gasteiger partial charge in [-0.2, -0.15) is 0 Å². The molecule has 40 heavy (non-hydrogen) atoms. The van der Waals surface area contributed by atoms with Crippen LogP contribution in [0.3, 0.4) is 0 Å². The molecular formula is C36H26O3S. The summed E-state index contributed by atoms with van der Waals surface area (Å²) in [6.45, 7) is 0. The third kappa shape index (κ3) is 2.61. The molecule has 0 aromatic heterocycles. The van der Waals surface area contributed by atoms with Crippen LogP contribution in [0.25, 0.3) is 4.91 Å². The first-order valence-corrected chi connectivity index (χ1v) is 15.0. The minimum Gasteiger partial charge on any atom is -0.347 e. The van der Waals surface area contributed by atoms with Gasteiger partial charge < -0.3 is 4.74 Å². The maximum absolute atomic E-state index is 15.2. The highest BCUT2D eigenvalue weighted by atomic mass is 32.2. The van der Waals surface area contributed by atoms with E-state index in [1.54, 1.807) is 0 Å². The van der Waals surface area contributed by atoms with E-state index in [2.05, 4.69) is 24.3 Å². The van der Waals surface area contributed by atoms with Crippen molar-refractivity contribution in [1.29, 1.82) is 0 Å². The lowest BCUT2D eigenvalue weighted by atomic mass is 9.57. The molecule has 194 valence electrons. The van der Waals surface area contributed by atoms with Gasteiger partial charge in [-0.05, 0) is 39.5 Å². The zero-order valence-corrected chi connectivity index (χ0v) is 22.5. The monoisotopic (exact) mass is 538 g/mol. The summed E-state index contributed by atoms with van der Waals surface area (Å²) in [4.78, 5) is 0.362. The van der Waals surface area contributed by atoms with E-state index in [0.717, 1.165) is 27.8 Å². The van der Waals surface area contributed by atoms with Gasteiger partial charge in [-0.25, -0.2) is 8.42 Å². The van der Waals surface area contributed by atoms with Gasteiger partial charge in [0.1, 0.15) is 15.9 Å². The standard InChI is InChI=1S/C36H26O3S/c37-40(38)32(26-15-5-1-6-16-26)25-34(40)33(27-17-7-2-8-18-27)35(28-19-9-3-10-20-28)30-23-13-14-24-31(30)36(34,39-35)29-21-11-4-12-22-29/h1-25,33H/t33-,34-,35+,36+/m1/s1. The van der Waals surface area contributed by atoms with Crippen molar-refractivity contribution in [2.45, 2.75) is 21.9 Å². The molecule has 0 radical (unpaired) electrons. The first-order chi connectivity index (χ1) is 19.6. The van der Waals surface area contributed by atoms with Gasteiger partial charge in [0.05, 0.1) is 4.91 Å². The Labute approximate surface area is 234 Å². The van der Waals surface area contributed by atoms with Crippen LogP contribution in [0, 0.1) is 0 Å². The molecule has 0 saturated carbocycles. The molecule has 1 saturated heterocycles. The van der Waals surface area contributed by atoms with Crippen LogP contribution in [0.2, 0.25) is 0 Å². The van der Waals surface area contributed by atoms with Gasteiger partial charge in [-0.15, -0.1) is 0 Å². The van der Waals surface area contributed by atoms with Gasteiger partial charge in [-0.1, -0.05) is 146 Å². The van der Waals surface area contributed by atoms with Crippen LogP contribution < -0.4 is 0 Å². The number of hydrogen-bond acceptors (Lipinski definition) is 3. The van der Waals surface area contributed by atoms with E-state index < -0.39 is 31.7 Å². The smallest absolute Gasteiger partial charge is 0.192 e. The molecule has 1 spiro atoms. The Morgan fingerprint density at radius 2 is 1.05 bits per heavy atom. The molecule has 3 nitrogen and oxygen atoms in total. The van der Waals surface area contributed by atoms with E-state index in [4.69, 9.17) is 4.74 Å².